The molecule has 5 atom stereocenters. The van der Waals surface area contributed by atoms with Gasteiger partial charge in [-0.25, -0.2) is 4.79 Å². The largest absolute Gasteiger partial charge is 0.479 e. The number of carboxylic acids is 1. The minimum Gasteiger partial charge on any atom is -0.479 e. The van der Waals surface area contributed by atoms with Gasteiger partial charge in [0.1, 0.15) is 24.1 Å². The number of hydrogen-bond donors (Lipinski definition) is 5. The van der Waals surface area contributed by atoms with Gasteiger partial charge in [0.05, 0.1) is 5.56 Å². The number of alkyl halides is 3. The summed E-state index contributed by atoms with van der Waals surface area (Å²) in [6, 6.07) is 3.35. The van der Waals surface area contributed by atoms with Crippen molar-refractivity contribution in [2.45, 2.75) is 36.9 Å². The number of aliphatic carboxylic acids is 1. The summed E-state index contributed by atoms with van der Waals surface area (Å²) in [4.78, 5) is 12.9. The molecule has 0 saturated carbocycles. The van der Waals surface area contributed by atoms with Gasteiger partial charge < -0.3 is 40.1 Å². The molecule has 2 aliphatic rings. The van der Waals surface area contributed by atoms with E-state index in [0.29, 0.717) is 31.9 Å². The fraction of sp³-hybridized carbons (Fsp3) is 0.588. The zero-order chi connectivity index (χ0) is 21.3. The molecule has 9 nitrogen and oxygen atoms in total. The van der Waals surface area contributed by atoms with Crippen LogP contribution in [0.4, 0.5) is 18.9 Å². The fourth-order valence-corrected chi connectivity index (χ4v) is 3.24. The van der Waals surface area contributed by atoms with Crippen LogP contribution in [0, 0.1) is 0 Å². The Morgan fingerprint density at radius 1 is 1.14 bits per heavy atom. The number of benzene rings is 1. The summed E-state index contributed by atoms with van der Waals surface area (Å²) in [6.07, 6.45) is -14.6. The Morgan fingerprint density at radius 3 is 2.38 bits per heavy atom. The van der Waals surface area contributed by atoms with Crippen LogP contribution in [-0.4, -0.2) is 83.3 Å². The van der Waals surface area contributed by atoms with E-state index >= 15 is 0 Å². The summed E-state index contributed by atoms with van der Waals surface area (Å²) in [5.74, 6) is -2.37. The lowest BCUT2D eigenvalue weighted by Gasteiger charge is -2.38. The lowest BCUT2D eigenvalue weighted by molar-refractivity contribution is -0.271. The maximum atomic E-state index is 13.6. The van der Waals surface area contributed by atoms with Crippen molar-refractivity contribution in [2.75, 3.05) is 31.1 Å². The van der Waals surface area contributed by atoms with Crippen LogP contribution in [0.5, 0.6) is 5.75 Å². The average Bonchev–Trinajstić information content (AvgIpc) is 2.68. The predicted molar refractivity (Wildman–Crippen MR) is 91.5 cm³/mol. The Kier molecular flexibility index (Phi) is 6.19. The number of nitrogens with zero attached hydrogens (tertiary/aromatic N) is 1. The molecule has 0 aliphatic carbocycles. The second-order valence-electron chi connectivity index (χ2n) is 6.77. The van der Waals surface area contributed by atoms with Gasteiger partial charge in [-0.1, -0.05) is 0 Å². The molecule has 2 heterocycles. The maximum absolute atomic E-state index is 13.6. The van der Waals surface area contributed by atoms with Gasteiger partial charge in [0.2, 0.25) is 6.29 Å². The van der Waals surface area contributed by atoms with Crippen molar-refractivity contribution in [3.63, 3.8) is 0 Å². The van der Waals surface area contributed by atoms with Gasteiger partial charge >= 0.3 is 12.1 Å². The summed E-state index contributed by atoms with van der Waals surface area (Å²) >= 11 is 0. The van der Waals surface area contributed by atoms with Gasteiger partial charge in [-0.2, -0.15) is 13.2 Å². The van der Waals surface area contributed by atoms with E-state index < -0.39 is 54.2 Å². The van der Waals surface area contributed by atoms with Gasteiger partial charge in [0.15, 0.2) is 6.10 Å². The van der Waals surface area contributed by atoms with Crippen LogP contribution in [0.2, 0.25) is 0 Å². The van der Waals surface area contributed by atoms with Crippen LogP contribution in [0.3, 0.4) is 0 Å². The quantitative estimate of drug-likeness (QED) is 0.431. The van der Waals surface area contributed by atoms with Gasteiger partial charge in [-0.3, -0.25) is 0 Å². The van der Waals surface area contributed by atoms with Crippen molar-refractivity contribution >= 4 is 11.7 Å². The number of aliphatic hydroxyl groups is 3. The third-order valence-electron chi connectivity index (χ3n) is 4.81. The first-order valence-corrected chi connectivity index (χ1v) is 8.85. The Morgan fingerprint density at radius 2 is 1.79 bits per heavy atom. The number of halogens is 3. The van der Waals surface area contributed by atoms with E-state index in [2.05, 4.69) is 5.32 Å². The normalized spacial score (nSPS) is 30.8. The van der Waals surface area contributed by atoms with E-state index in [0.717, 1.165) is 12.1 Å². The lowest BCUT2D eigenvalue weighted by atomic mass is 9.99. The first-order chi connectivity index (χ1) is 13.6. The standard InChI is InChI=1S/C17H21F3N2O7/c18-17(19,20)9-7-8(22-5-3-21-4-6-22)1-2-10(9)28-16-13(25)11(23)12(24)14(29-16)15(26)27/h1-2,7,11-14,16,21,23-25H,3-6H2,(H,26,27)/t11-,12-,13+,14-,16+/m0/s1. The molecule has 1 aromatic rings. The molecule has 12 heteroatoms. The molecule has 5 N–H and O–H groups in total. The smallest absolute Gasteiger partial charge is 0.420 e. The summed E-state index contributed by atoms with van der Waals surface area (Å²) in [5.41, 5.74) is -0.813. The monoisotopic (exact) mass is 422 g/mol. The van der Waals surface area contributed by atoms with Crippen LogP contribution in [0.1, 0.15) is 5.56 Å². The van der Waals surface area contributed by atoms with Gasteiger partial charge in [0.25, 0.3) is 0 Å². The SMILES string of the molecule is O=C(O)[C@H]1O[C@@H](Oc2ccc(N3CCNCC3)cc2C(F)(F)F)[C@H](O)[C@@H](O)[C@@H]1O. The Balaban J connectivity index is 1.88. The number of anilines is 1. The molecule has 1 aromatic carbocycles. The summed E-state index contributed by atoms with van der Waals surface area (Å²) in [7, 11) is 0. The Labute approximate surface area is 163 Å². The van der Waals surface area contributed by atoms with Crippen molar-refractivity contribution in [1.82, 2.24) is 5.32 Å². The highest BCUT2D eigenvalue weighted by atomic mass is 19.4. The molecule has 0 bridgehead atoms. The van der Waals surface area contributed by atoms with Crippen LogP contribution >= 0.6 is 0 Å². The molecule has 0 amide bonds. The van der Waals surface area contributed by atoms with Gasteiger partial charge in [0, 0.05) is 31.9 Å². The zero-order valence-corrected chi connectivity index (χ0v) is 15.0. The zero-order valence-electron chi connectivity index (χ0n) is 15.0. The van der Waals surface area contributed by atoms with E-state index in [1.54, 1.807) is 4.90 Å². The minimum absolute atomic E-state index is 0.329. The molecule has 29 heavy (non-hydrogen) atoms. The number of nitrogens with one attached hydrogen (secondary N) is 1. The van der Waals surface area contributed by atoms with Crippen molar-refractivity contribution < 1.29 is 47.9 Å². The Bertz CT molecular complexity index is 742. The van der Waals surface area contributed by atoms with Crippen LogP contribution in [-0.2, 0) is 15.7 Å². The number of carboxylic acid groups (broad SMARTS) is 1. The first kappa shape index (κ1) is 21.6. The van der Waals surface area contributed by atoms with Crippen molar-refractivity contribution in [3.05, 3.63) is 23.8 Å². The predicted octanol–water partition coefficient (Wildman–Crippen LogP) is -0.614. The molecule has 2 aliphatic heterocycles. The third kappa shape index (κ3) is 4.56. The molecule has 3 rings (SSSR count). The highest BCUT2D eigenvalue weighted by Gasteiger charge is 2.48. The Hall–Kier alpha value is -2.12. The highest BCUT2D eigenvalue weighted by molar-refractivity contribution is 5.73. The second kappa shape index (κ2) is 8.32. The second-order valence-corrected chi connectivity index (χ2v) is 6.77. The van der Waals surface area contributed by atoms with E-state index in [9.17, 15) is 33.3 Å². The summed E-state index contributed by atoms with van der Waals surface area (Å²) in [5, 5.41) is 41.6. The first-order valence-electron chi connectivity index (χ1n) is 8.85. The van der Waals surface area contributed by atoms with E-state index in [1.165, 1.54) is 6.07 Å². The third-order valence-corrected chi connectivity index (χ3v) is 4.81. The molecular weight excluding hydrogens is 401 g/mol. The van der Waals surface area contributed by atoms with E-state index in [4.69, 9.17) is 14.6 Å². The van der Waals surface area contributed by atoms with Crippen LogP contribution < -0.4 is 15.0 Å². The number of ether oxygens (including phenoxy) is 2. The summed E-state index contributed by atoms with van der Waals surface area (Å²) < 4.78 is 50.8. The fourth-order valence-electron chi connectivity index (χ4n) is 3.24. The van der Waals surface area contributed by atoms with E-state index in [-0.39, 0.29) is 0 Å². The number of piperazine rings is 1. The lowest BCUT2D eigenvalue weighted by Crippen LogP contribution is -2.61. The molecular formula is C17H21F3N2O7. The minimum atomic E-state index is -4.80. The number of rotatable bonds is 4. The van der Waals surface area contributed by atoms with Crippen molar-refractivity contribution in [2.24, 2.45) is 0 Å². The number of hydrogen-bond acceptors (Lipinski definition) is 8. The highest BCUT2D eigenvalue weighted by Crippen LogP contribution is 2.40. The summed E-state index contributed by atoms with van der Waals surface area (Å²) in [6.45, 7) is 2.29. The molecule has 2 fully saturated rings. The molecule has 0 unspecified atom stereocenters. The molecule has 0 radical (unpaired) electrons. The van der Waals surface area contributed by atoms with Crippen LogP contribution in [0.25, 0.3) is 0 Å². The van der Waals surface area contributed by atoms with Gasteiger partial charge in [-0.15, -0.1) is 0 Å². The van der Waals surface area contributed by atoms with Crippen LogP contribution in [0.15, 0.2) is 18.2 Å². The molecule has 2 saturated heterocycles. The van der Waals surface area contributed by atoms with E-state index in [1.807, 2.05) is 0 Å². The van der Waals surface area contributed by atoms with Crippen molar-refractivity contribution in [1.29, 1.82) is 0 Å². The average molecular weight is 422 g/mol. The maximum Gasteiger partial charge on any atom is 0.420 e. The topological polar surface area (TPSA) is 132 Å². The molecule has 162 valence electrons. The van der Waals surface area contributed by atoms with Crippen molar-refractivity contribution in [3.8, 4) is 5.75 Å². The molecule has 0 aromatic heterocycles. The van der Waals surface area contributed by atoms with Gasteiger partial charge in [-0.05, 0) is 18.2 Å². The number of aliphatic hydroxyl groups excluding tert-OH is 3. The molecule has 0 spiro atoms. The number of carbonyl (C=O) groups is 1.